The van der Waals surface area contributed by atoms with E-state index in [1.165, 1.54) is 24.3 Å². The molecule has 2 aromatic carbocycles. The summed E-state index contributed by atoms with van der Waals surface area (Å²) in [4.78, 5) is 0. The molecule has 21 heavy (non-hydrogen) atoms. The normalized spacial score (nSPS) is 10.0. The Kier molecular flexibility index (Phi) is 6.58. The molecule has 1 N–H and O–H groups in total. The number of para-hydroxylation sites is 2. The maximum absolute atomic E-state index is 12.7. The van der Waals surface area contributed by atoms with Crippen LogP contribution in [0.2, 0.25) is 10.0 Å². The Morgan fingerprint density at radius 3 is 1.86 bits per heavy atom. The van der Waals surface area contributed by atoms with E-state index in [1.807, 2.05) is 0 Å². The molecule has 0 aliphatic carbocycles. The smallest absolute Gasteiger partial charge is 0.387 e. The molecule has 2 rings (SSSR count). The molecule has 0 aliphatic rings. The van der Waals surface area contributed by atoms with E-state index in [1.54, 1.807) is 0 Å². The molecule has 2 nitrogen and oxygen atoms in total. The van der Waals surface area contributed by atoms with Crippen molar-refractivity contribution in [2.75, 3.05) is 0 Å². The summed E-state index contributed by atoms with van der Waals surface area (Å²) in [6.45, 7) is -3.07. The van der Waals surface area contributed by atoms with Crippen LogP contribution >= 0.6 is 23.2 Å². The summed E-state index contributed by atoms with van der Waals surface area (Å²) in [5.41, 5.74) is 0. The van der Waals surface area contributed by atoms with Crippen LogP contribution in [0.1, 0.15) is 0 Å². The average Bonchev–Trinajstić information content (AvgIpc) is 2.41. The number of phenolic OH excluding ortho intramolecular Hbond substituents is 1. The molecule has 2 aromatic rings. The summed E-state index contributed by atoms with van der Waals surface area (Å²) in [6.07, 6.45) is 0. The molecule has 0 radical (unpaired) electrons. The van der Waals surface area contributed by atoms with Crippen molar-refractivity contribution in [1.82, 2.24) is 0 Å². The van der Waals surface area contributed by atoms with Gasteiger partial charge in [0.2, 0.25) is 0 Å². The molecule has 114 valence electrons. The van der Waals surface area contributed by atoms with Gasteiger partial charge in [0.15, 0.2) is 23.1 Å². The molecule has 0 spiro atoms. The van der Waals surface area contributed by atoms with Crippen molar-refractivity contribution in [3.8, 4) is 11.5 Å². The zero-order chi connectivity index (χ0) is 16.0. The molecule has 0 amide bonds. The van der Waals surface area contributed by atoms with Crippen LogP contribution in [-0.4, -0.2) is 11.7 Å². The summed E-state index contributed by atoms with van der Waals surface area (Å²) < 4.78 is 52.0. The molecular formula is C13H8Cl2F4O2. The van der Waals surface area contributed by atoms with E-state index in [0.29, 0.717) is 0 Å². The molecule has 0 unspecified atom stereocenters. The molecule has 0 atom stereocenters. The zero-order valence-corrected chi connectivity index (χ0v) is 11.7. The lowest BCUT2D eigenvalue weighted by atomic mass is 10.3. The van der Waals surface area contributed by atoms with Crippen molar-refractivity contribution in [3.63, 3.8) is 0 Å². The molecule has 8 heteroatoms. The molecule has 0 saturated heterocycles. The van der Waals surface area contributed by atoms with Crippen LogP contribution < -0.4 is 4.74 Å². The number of rotatable bonds is 2. The highest BCUT2D eigenvalue weighted by atomic mass is 35.5. The van der Waals surface area contributed by atoms with Crippen LogP contribution in [0.25, 0.3) is 0 Å². The van der Waals surface area contributed by atoms with Crippen LogP contribution in [-0.2, 0) is 0 Å². The Balaban J connectivity index is 0.000000219. The van der Waals surface area contributed by atoms with Gasteiger partial charge in [-0.2, -0.15) is 8.78 Å². The number of benzene rings is 2. The Morgan fingerprint density at radius 2 is 1.43 bits per heavy atom. The minimum Gasteiger partial charge on any atom is -0.504 e. The van der Waals surface area contributed by atoms with Gasteiger partial charge in [-0.05, 0) is 24.3 Å². The lowest BCUT2D eigenvalue weighted by Crippen LogP contribution is -2.03. The van der Waals surface area contributed by atoms with Crippen molar-refractivity contribution in [3.05, 3.63) is 58.1 Å². The van der Waals surface area contributed by atoms with Crippen LogP contribution in [0.4, 0.5) is 17.6 Å². The van der Waals surface area contributed by atoms with Crippen molar-refractivity contribution < 1.29 is 27.4 Å². The zero-order valence-electron chi connectivity index (χ0n) is 10.2. The molecule has 0 fully saturated rings. The molecule has 0 bridgehead atoms. The van der Waals surface area contributed by atoms with Crippen molar-refractivity contribution in [2.24, 2.45) is 0 Å². The molecule has 0 aromatic heterocycles. The highest BCUT2D eigenvalue weighted by Gasteiger charge is 2.12. The highest BCUT2D eigenvalue weighted by Crippen LogP contribution is 2.28. The Labute approximate surface area is 127 Å². The van der Waals surface area contributed by atoms with Gasteiger partial charge >= 0.3 is 6.61 Å². The standard InChI is InChI=1S/C7H4ClF3O.C6H4ClFO/c8-4-2-1-3-5(9)6(4)12-7(10)11;7-4-2-1-3-5(8)6(4)9/h1-3,7H;1-3,9H. The molecular weight excluding hydrogens is 335 g/mol. The fraction of sp³-hybridized carbons (Fsp3) is 0.0769. The van der Waals surface area contributed by atoms with Crippen LogP contribution in [0.5, 0.6) is 11.5 Å². The minimum absolute atomic E-state index is 0.0370. The second-order valence-corrected chi connectivity index (χ2v) is 4.31. The van der Waals surface area contributed by atoms with Crippen LogP contribution in [0.15, 0.2) is 36.4 Å². The van der Waals surface area contributed by atoms with Gasteiger partial charge in [0.05, 0.1) is 10.0 Å². The lowest BCUT2D eigenvalue weighted by Gasteiger charge is -2.06. The first-order chi connectivity index (χ1) is 9.82. The second-order valence-electron chi connectivity index (χ2n) is 3.50. The first kappa shape index (κ1) is 17.4. The van der Waals surface area contributed by atoms with E-state index in [2.05, 4.69) is 4.74 Å². The monoisotopic (exact) mass is 342 g/mol. The van der Waals surface area contributed by atoms with E-state index >= 15 is 0 Å². The first-order valence-corrected chi connectivity index (χ1v) is 6.10. The first-order valence-electron chi connectivity index (χ1n) is 5.34. The van der Waals surface area contributed by atoms with E-state index in [9.17, 15) is 17.6 Å². The SMILES string of the molecule is Fc1cccc(Cl)c1OC(F)F.Oc1c(F)cccc1Cl. The predicted octanol–water partition coefficient (Wildman–Crippen LogP) is 5.27. The van der Waals surface area contributed by atoms with Gasteiger partial charge in [-0.3, -0.25) is 0 Å². The van der Waals surface area contributed by atoms with Gasteiger partial charge in [0.25, 0.3) is 0 Å². The molecule has 0 aliphatic heterocycles. The summed E-state index contributed by atoms with van der Waals surface area (Å²) in [5.74, 6) is -2.70. The summed E-state index contributed by atoms with van der Waals surface area (Å²) in [7, 11) is 0. The molecule has 0 saturated carbocycles. The maximum Gasteiger partial charge on any atom is 0.387 e. The summed E-state index contributed by atoms with van der Waals surface area (Å²) in [6, 6.07) is 7.54. The van der Waals surface area contributed by atoms with Crippen molar-refractivity contribution in [2.45, 2.75) is 6.61 Å². The lowest BCUT2D eigenvalue weighted by molar-refractivity contribution is -0.0521. The van der Waals surface area contributed by atoms with Crippen molar-refractivity contribution >= 4 is 23.2 Å². The number of hydrogen-bond donors (Lipinski definition) is 1. The van der Waals surface area contributed by atoms with Crippen molar-refractivity contribution in [1.29, 1.82) is 0 Å². The fourth-order valence-corrected chi connectivity index (χ4v) is 1.54. The quantitative estimate of drug-likeness (QED) is 0.753. The number of aromatic hydroxyl groups is 1. The molecule has 0 heterocycles. The number of phenols is 1. The number of halogens is 6. The number of hydrogen-bond acceptors (Lipinski definition) is 2. The maximum atomic E-state index is 12.7. The summed E-state index contributed by atoms with van der Waals surface area (Å²) >= 11 is 10.7. The highest BCUT2D eigenvalue weighted by molar-refractivity contribution is 6.32. The van der Waals surface area contributed by atoms with Gasteiger partial charge in [0, 0.05) is 0 Å². The minimum atomic E-state index is -3.07. The Morgan fingerprint density at radius 1 is 0.905 bits per heavy atom. The van der Waals surface area contributed by atoms with Crippen LogP contribution in [0.3, 0.4) is 0 Å². The van der Waals surface area contributed by atoms with Crippen LogP contribution in [0, 0.1) is 11.6 Å². The Bertz CT molecular complexity index is 568. The van der Waals surface area contributed by atoms with Gasteiger partial charge in [-0.15, -0.1) is 0 Å². The Hall–Kier alpha value is -1.66. The third-order valence-electron chi connectivity index (χ3n) is 2.06. The van der Waals surface area contributed by atoms with Gasteiger partial charge < -0.3 is 9.84 Å². The number of alkyl halides is 2. The third kappa shape index (κ3) is 5.32. The van der Waals surface area contributed by atoms with Gasteiger partial charge in [-0.25, -0.2) is 8.78 Å². The topological polar surface area (TPSA) is 29.5 Å². The predicted molar refractivity (Wildman–Crippen MR) is 71.1 cm³/mol. The van der Waals surface area contributed by atoms with Gasteiger partial charge in [-0.1, -0.05) is 35.3 Å². The summed E-state index contributed by atoms with van der Waals surface area (Å²) in [5, 5.41) is 8.57. The van der Waals surface area contributed by atoms with E-state index in [-0.39, 0.29) is 10.0 Å². The largest absolute Gasteiger partial charge is 0.504 e. The van der Waals surface area contributed by atoms with Gasteiger partial charge in [0.1, 0.15) is 0 Å². The fourth-order valence-electron chi connectivity index (χ4n) is 1.17. The number of ether oxygens (including phenoxy) is 1. The van der Waals surface area contributed by atoms with E-state index < -0.39 is 29.7 Å². The second kappa shape index (κ2) is 7.95. The third-order valence-corrected chi connectivity index (χ3v) is 2.67. The average molecular weight is 343 g/mol. The van der Waals surface area contributed by atoms with E-state index in [0.717, 1.165) is 12.1 Å². The van der Waals surface area contributed by atoms with E-state index in [4.69, 9.17) is 28.3 Å².